The Morgan fingerprint density at radius 3 is 2.46 bits per heavy atom. The Morgan fingerprint density at radius 2 is 1.79 bits per heavy atom. The number of anilines is 1. The molecule has 0 aliphatic rings. The number of benzene rings is 2. The molecule has 0 radical (unpaired) electrons. The summed E-state index contributed by atoms with van der Waals surface area (Å²) in [7, 11) is 0. The summed E-state index contributed by atoms with van der Waals surface area (Å²) in [4.78, 5) is 23.8. The molecule has 2 amide bonds. The summed E-state index contributed by atoms with van der Waals surface area (Å²) in [6.07, 6.45) is 1.03. The second kappa shape index (κ2) is 7.47. The van der Waals surface area contributed by atoms with Crippen LogP contribution in [0.2, 0.25) is 0 Å². The zero-order valence-corrected chi connectivity index (χ0v) is 12.4. The molecule has 2 rings (SSSR count). The number of imide groups is 1. The molecule has 0 saturated carbocycles. The van der Waals surface area contributed by atoms with Gasteiger partial charge in [0, 0.05) is 17.8 Å². The lowest BCUT2D eigenvalue weighted by molar-refractivity contribution is -0.116. The number of carbonyl (C=O) groups excluding carboxylic acids is 2. The van der Waals surface area contributed by atoms with Crippen LogP contribution in [0.25, 0.3) is 0 Å². The van der Waals surface area contributed by atoms with Gasteiger partial charge in [0.25, 0.3) is 11.8 Å². The highest BCUT2D eigenvalue weighted by Crippen LogP contribution is 2.27. The van der Waals surface area contributed by atoms with Crippen molar-refractivity contribution in [3.8, 4) is 17.6 Å². The van der Waals surface area contributed by atoms with E-state index in [2.05, 4.69) is 10.6 Å². The second-order valence-electron chi connectivity index (χ2n) is 4.66. The first-order chi connectivity index (χ1) is 11.5. The molecule has 120 valence electrons. The quantitative estimate of drug-likeness (QED) is 0.295. The minimum absolute atomic E-state index is 0.102. The number of nitrogens with one attached hydrogen (secondary N) is 2. The molecule has 0 aromatic heterocycles. The lowest BCUT2D eigenvalue weighted by atomic mass is 10.2. The van der Waals surface area contributed by atoms with Crippen LogP contribution in [-0.4, -0.2) is 22.0 Å². The van der Waals surface area contributed by atoms with Crippen molar-refractivity contribution in [2.45, 2.75) is 0 Å². The van der Waals surface area contributed by atoms with Gasteiger partial charge in [0.05, 0.1) is 5.69 Å². The van der Waals surface area contributed by atoms with Crippen LogP contribution in [0.5, 0.6) is 11.5 Å². The molecule has 2 aromatic carbocycles. The fourth-order valence-electron chi connectivity index (χ4n) is 1.77. The van der Waals surface area contributed by atoms with Gasteiger partial charge in [0.1, 0.15) is 23.1 Å². The smallest absolute Gasteiger partial charge is 0.270 e. The molecule has 0 atom stereocenters. The van der Waals surface area contributed by atoms with Gasteiger partial charge in [-0.3, -0.25) is 14.9 Å². The van der Waals surface area contributed by atoms with Crippen LogP contribution in [0, 0.1) is 11.3 Å². The van der Waals surface area contributed by atoms with Crippen molar-refractivity contribution >= 4 is 17.5 Å². The third-order valence-electron chi connectivity index (χ3n) is 2.98. The summed E-state index contributed by atoms with van der Waals surface area (Å²) in [5, 5.41) is 32.6. The van der Waals surface area contributed by atoms with Crippen LogP contribution < -0.4 is 10.6 Å². The molecule has 0 fully saturated rings. The normalized spacial score (nSPS) is 10.5. The number of nitrogens with zero attached hydrogens (tertiary/aromatic N) is 1. The molecule has 7 heteroatoms. The van der Waals surface area contributed by atoms with Crippen molar-refractivity contribution in [1.29, 1.82) is 5.26 Å². The Kier molecular flexibility index (Phi) is 5.16. The van der Waals surface area contributed by atoms with Gasteiger partial charge in [-0.2, -0.15) is 5.26 Å². The van der Waals surface area contributed by atoms with Crippen LogP contribution in [0.15, 0.2) is 60.3 Å². The molecule has 0 spiro atoms. The van der Waals surface area contributed by atoms with Crippen molar-refractivity contribution in [2.75, 3.05) is 5.32 Å². The molecular formula is C17H13N3O4. The van der Waals surface area contributed by atoms with Gasteiger partial charge in [-0.15, -0.1) is 0 Å². The van der Waals surface area contributed by atoms with Crippen LogP contribution in [0.1, 0.15) is 10.4 Å². The Morgan fingerprint density at radius 1 is 1.08 bits per heavy atom. The largest absolute Gasteiger partial charge is 0.508 e. The average Bonchev–Trinajstić information content (AvgIpc) is 2.59. The molecule has 4 N–H and O–H groups in total. The van der Waals surface area contributed by atoms with Gasteiger partial charge < -0.3 is 15.5 Å². The number of hydrogen-bond donors (Lipinski definition) is 4. The van der Waals surface area contributed by atoms with E-state index >= 15 is 0 Å². The van der Waals surface area contributed by atoms with Gasteiger partial charge in [0.2, 0.25) is 0 Å². The van der Waals surface area contributed by atoms with E-state index in [1.165, 1.54) is 30.3 Å². The van der Waals surface area contributed by atoms with E-state index < -0.39 is 11.8 Å². The second-order valence-corrected chi connectivity index (χ2v) is 4.66. The molecular weight excluding hydrogens is 310 g/mol. The van der Waals surface area contributed by atoms with Crippen LogP contribution >= 0.6 is 0 Å². The third kappa shape index (κ3) is 4.11. The number of phenols is 2. The summed E-state index contributed by atoms with van der Waals surface area (Å²) >= 11 is 0. The molecule has 7 nitrogen and oxygen atoms in total. The standard InChI is InChI=1S/C17H13N3O4/c18-9-12(10-19-14-8-13(21)6-7-15(14)22)17(24)20-16(23)11-4-2-1-3-5-11/h1-8,10,19,21-22H,(H,20,23,24)/b12-10+. The molecule has 0 bridgehead atoms. The maximum absolute atomic E-state index is 12.0. The first kappa shape index (κ1) is 16.6. The summed E-state index contributed by atoms with van der Waals surface area (Å²) in [6, 6.07) is 13.5. The number of rotatable bonds is 4. The van der Waals surface area contributed by atoms with Crippen molar-refractivity contribution in [2.24, 2.45) is 0 Å². The summed E-state index contributed by atoms with van der Waals surface area (Å²) in [5.41, 5.74) is 0.00804. The minimum atomic E-state index is -0.890. The zero-order chi connectivity index (χ0) is 17.5. The van der Waals surface area contributed by atoms with Crippen LogP contribution in [-0.2, 0) is 4.79 Å². The van der Waals surface area contributed by atoms with E-state index in [0.717, 1.165) is 6.20 Å². The van der Waals surface area contributed by atoms with E-state index in [9.17, 15) is 19.8 Å². The summed E-state index contributed by atoms with van der Waals surface area (Å²) in [5.74, 6) is -1.81. The Bertz CT molecular complexity index is 839. The number of carbonyl (C=O) groups is 2. The van der Waals surface area contributed by atoms with Crippen molar-refractivity contribution in [3.63, 3.8) is 0 Å². The molecule has 0 aliphatic carbocycles. The molecule has 24 heavy (non-hydrogen) atoms. The summed E-state index contributed by atoms with van der Waals surface area (Å²) < 4.78 is 0. The Balaban J connectivity index is 2.10. The molecule has 2 aromatic rings. The molecule has 0 saturated heterocycles. The SMILES string of the molecule is N#C/C(=C\Nc1cc(O)ccc1O)C(=O)NC(=O)c1ccccc1. The van der Waals surface area contributed by atoms with Crippen molar-refractivity contribution in [1.82, 2.24) is 5.32 Å². The fourth-order valence-corrected chi connectivity index (χ4v) is 1.77. The minimum Gasteiger partial charge on any atom is -0.508 e. The topological polar surface area (TPSA) is 122 Å². The number of amides is 2. The maximum atomic E-state index is 12.0. The first-order valence-electron chi connectivity index (χ1n) is 6.81. The van der Waals surface area contributed by atoms with Gasteiger partial charge in [-0.1, -0.05) is 18.2 Å². The van der Waals surface area contributed by atoms with Crippen LogP contribution in [0.4, 0.5) is 5.69 Å². The van der Waals surface area contributed by atoms with Gasteiger partial charge in [0.15, 0.2) is 0 Å². The van der Waals surface area contributed by atoms with Crippen molar-refractivity contribution < 1.29 is 19.8 Å². The van der Waals surface area contributed by atoms with Crippen molar-refractivity contribution in [3.05, 3.63) is 65.9 Å². The maximum Gasteiger partial charge on any atom is 0.270 e. The predicted octanol–water partition coefficient (Wildman–Crippen LogP) is 1.87. The van der Waals surface area contributed by atoms with Gasteiger partial charge in [-0.25, -0.2) is 0 Å². The van der Waals surface area contributed by atoms with E-state index in [0.29, 0.717) is 0 Å². The number of hydrogen-bond acceptors (Lipinski definition) is 6. The fraction of sp³-hybridized carbons (Fsp3) is 0. The predicted molar refractivity (Wildman–Crippen MR) is 86.0 cm³/mol. The van der Waals surface area contributed by atoms with E-state index in [1.807, 2.05) is 0 Å². The van der Waals surface area contributed by atoms with E-state index in [4.69, 9.17) is 5.26 Å². The van der Waals surface area contributed by atoms with E-state index in [1.54, 1.807) is 24.3 Å². The molecule has 0 heterocycles. The number of nitriles is 1. The first-order valence-corrected chi connectivity index (χ1v) is 6.81. The lowest BCUT2D eigenvalue weighted by Crippen LogP contribution is -2.31. The highest BCUT2D eigenvalue weighted by Gasteiger charge is 2.14. The average molecular weight is 323 g/mol. The van der Waals surface area contributed by atoms with Gasteiger partial charge >= 0.3 is 0 Å². The Hall–Kier alpha value is -3.79. The van der Waals surface area contributed by atoms with Gasteiger partial charge in [-0.05, 0) is 24.3 Å². The molecule has 0 aliphatic heterocycles. The lowest BCUT2D eigenvalue weighted by Gasteiger charge is -2.06. The van der Waals surface area contributed by atoms with E-state index in [-0.39, 0.29) is 28.3 Å². The van der Waals surface area contributed by atoms with Crippen LogP contribution in [0.3, 0.4) is 0 Å². The summed E-state index contributed by atoms with van der Waals surface area (Å²) in [6.45, 7) is 0. The third-order valence-corrected chi connectivity index (χ3v) is 2.98. The zero-order valence-electron chi connectivity index (χ0n) is 12.4. The number of aromatic hydroxyl groups is 2. The highest BCUT2D eigenvalue weighted by atomic mass is 16.3. The monoisotopic (exact) mass is 323 g/mol. The molecule has 0 unspecified atom stereocenters. The highest BCUT2D eigenvalue weighted by molar-refractivity contribution is 6.11. The number of phenolic OH excluding ortho intramolecular Hbond substituents is 2. The Labute approximate surface area is 137 Å².